The molecule has 0 saturated heterocycles. The topological polar surface area (TPSA) is 54.4 Å². The fraction of sp³-hybridized carbons (Fsp3) is 1.00. The summed E-state index contributed by atoms with van der Waals surface area (Å²) in [5.41, 5.74) is 0. The van der Waals surface area contributed by atoms with E-state index in [1.807, 2.05) is 0 Å². The summed E-state index contributed by atoms with van der Waals surface area (Å²) < 4.78 is 134. The molecule has 0 aromatic rings. The molecule has 0 saturated carbocycles. The van der Waals surface area contributed by atoms with Crippen LogP contribution in [0.3, 0.4) is 0 Å². The third kappa shape index (κ3) is 2.78. The Morgan fingerprint density at radius 2 is 1.00 bits per heavy atom. The Morgan fingerprint density at radius 1 is 0.722 bits per heavy atom. The van der Waals surface area contributed by atoms with Gasteiger partial charge in [0.1, 0.15) is 0 Å². The van der Waals surface area contributed by atoms with E-state index in [1.165, 1.54) is 0 Å². The summed E-state index contributed by atoms with van der Waals surface area (Å²) in [5, 5.41) is -7.00. The molecule has 0 heterocycles. The average molecular weight is 428 g/mol. The highest BCUT2D eigenvalue weighted by Gasteiger charge is 2.85. The lowest BCUT2D eigenvalue weighted by Gasteiger charge is -2.31. The first-order chi connectivity index (χ1) is 7.00. The van der Waals surface area contributed by atoms with E-state index in [9.17, 15) is 47.9 Å². The lowest BCUT2D eigenvalue weighted by molar-refractivity contribution is -0.382. The van der Waals surface area contributed by atoms with E-state index < -0.39 is 33.4 Å². The van der Waals surface area contributed by atoms with Crippen molar-refractivity contribution < 1.29 is 52.5 Å². The maximum absolute atomic E-state index is 12.2. The number of hydrogen-bond donors (Lipinski definition) is 1. The molecule has 0 aliphatic heterocycles. The van der Waals surface area contributed by atoms with Gasteiger partial charge in [0.25, 0.3) is 0 Å². The van der Waals surface area contributed by atoms with E-state index in [0.717, 1.165) is 0 Å². The minimum Gasteiger partial charge on any atom is -0.281 e. The van der Waals surface area contributed by atoms with Crippen molar-refractivity contribution in [1.82, 2.24) is 0 Å². The highest BCUT2D eigenvalue weighted by molar-refractivity contribution is 14.0. The number of rotatable bonds is 3. The lowest BCUT2D eigenvalue weighted by Crippen LogP contribution is -2.63. The van der Waals surface area contributed by atoms with Crippen LogP contribution in [0, 0.1) is 0 Å². The van der Waals surface area contributed by atoms with Gasteiger partial charge < -0.3 is 0 Å². The molecule has 0 aliphatic rings. The smallest absolute Gasteiger partial charge is 0.281 e. The van der Waals surface area contributed by atoms with Crippen LogP contribution in [0.15, 0.2) is 0 Å². The summed E-state index contributed by atoms with van der Waals surface area (Å²) in [6, 6.07) is 0. The van der Waals surface area contributed by atoms with Crippen molar-refractivity contribution in [3.63, 3.8) is 0 Å². The monoisotopic (exact) mass is 428 g/mol. The predicted molar refractivity (Wildman–Crippen MR) is 47.9 cm³/mol. The van der Waals surface area contributed by atoms with E-state index in [1.54, 1.807) is 0 Å². The normalized spacial score (nSPS) is 15.2. The van der Waals surface area contributed by atoms with Gasteiger partial charge >= 0.3 is 33.4 Å². The van der Waals surface area contributed by atoms with Crippen molar-refractivity contribution in [3.8, 4) is 0 Å². The van der Waals surface area contributed by atoms with Crippen molar-refractivity contribution in [2.75, 3.05) is 0 Å². The summed E-state index contributed by atoms with van der Waals surface area (Å²) >= 11 is 0. The van der Waals surface area contributed by atoms with Crippen LogP contribution in [0.2, 0.25) is 0 Å². The van der Waals surface area contributed by atoms with E-state index in [0.29, 0.717) is 0 Å². The molecule has 0 unspecified atom stereocenters. The van der Waals surface area contributed by atoms with Gasteiger partial charge in [-0.15, -0.1) is 24.0 Å². The van der Waals surface area contributed by atoms with Crippen LogP contribution in [0.25, 0.3) is 0 Å². The van der Waals surface area contributed by atoms with Crippen molar-refractivity contribution >= 4 is 34.1 Å². The summed E-state index contributed by atoms with van der Waals surface area (Å²) in [4.78, 5) is 0. The maximum atomic E-state index is 12.2. The standard InChI is InChI=1S/C4HF9O3S.HI/c5-1(6,3(9,10)11)2(7,8)4(12,13)17(14,15)16;/h(H,14,15,16);1H. The van der Waals surface area contributed by atoms with Gasteiger partial charge in [-0.2, -0.15) is 47.9 Å². The molecule has 0 fully saturated rings. The van der Waals surface area contributed by atoms with E-state index in [2.05, 4.69) is 0 Å². The molecule has 0 aromatic heterocycles. The summed E-state index contributed by atoms with van der Waals surface area (Å²) in [7, 11) is -7.17. The van der Waals surface area contributed by atoms with Gasteiger partial charge in [0.15, 0.2) is 0 Å². The van der Waals surface area contributed by atoms with E-state index in [-0.39, 0.29) is 24.0 Å². The summed E-state index contributed by atoms with van der Waals surface area (Å²) in [6.07, 6.45) is -7.13. The van der Waals surface area contributed by atoms with Gasteiger partial charge in [0, 0.05) is 0 Å². The van der Waals surface area contributed by atoms with Crippen LogP contribution in [0.4, 0.5) is 39.5 Å². The van der Waals surface area contributed by atoms with E-state index in [4.69, 9.17) is 4.55 Å². The highest BCUT2D eigenvalue weighted by atomic mass is 127. The first-order valence-electron chi connectivity index (χ1n) is 3.17. The fourth-order valence-corrected chi connectivity index (χ4v) is 0.975. The van der Waals surface area contributed by atoms with Gasteiger partial charge in [-0.3, -0.25) is 4.55 Å². The minimum absolute atomic E-state index is 0. The van der Waals surface area contributed by atoms with Gasteiger partial charge in [-0.05, 0) is 0 Å². The number of alkyl halides is 9. The zero-order valence-electron chi connectivity index (χ0n) is 7.48. The molecule has 3 nitrogen and oxygen atoms in total. The highest BCUT2D eigenvalue weighted by Crippen LogP contribution is 2.54. The third-order valence-electron chi connectivity index (χ3n) is 1.44. The van der Waals surface area contributed by atoms with Crippen molar-refractivity contribution in [3.05, 3.63) is 0 Å². The maximum Gasteiger partial charge on any atom is 0.460 e. The minimum atomic E-state index is -7.37. The second-order valence-electron chi connectivity index (χ2n) is 2.64. The van der Waals surface area contributed by atoms with Crippen LogP contribution < -0.4 is 0 Å². The van der Waals surface area contributed by atoms with Gasteiger partial charge in [-0.1, -0.05) is 0 Å². The third-order valence-corrected chi connectivity index (χ3v) is 2.34. The van der Waals surface area contributed by atoms with Crippen molar-refractivity contribution in [2.24, 2.45) is 0 Å². The summed E-state index contributed by atoms with van der Waals surface area (Å²) in [5.74, 6) is -14.7. The zero-order valence-corrected chi connectivity index (χ0v) is 10.6. The molecule has 14 heteroatoms. The molecule has 0 aliphatic carbocycles. The Morgan fingerprint density at radius 3 is 1.17 bits per heavy atom. The first-order valence-corrected chi connectivity index (χ1v) is 4.61. The van der Waals surface area contributed by atoms with Crippen LogP contribution in [-0.4, -0.2) is 36.2 Å². The molecule has 112 valence electrons. The van der Waals surface area contributed by atoms with Crippen LogP contribution in [0.5, 0.6) is 0 Å². The van der Waals surface area contributed by atoms with Crippen LogP contribution in [0.1, 0.15) is 0 Å². The molecule has 18 heavy (non-hydrogen) atoms. The fourth-order valence-electron chi connectivity index (χ4n) is 0.523. The van der Waals surface area contributed by atoms with Crippen molar-refractivity contribution in [2.45, 2.75) is 23.3 Å². The molecular formula is C4H2F9IO3S. The number of hydrogen-bond acceptors (Lipinski definition) is 2. The Kier molecular flexibility index (Phi) is 5.47. The Hall–Kier alpha value is 0.01000. The average Bonchev–Trinajstić information content (AvgIpc) is 1.98. The molecule has 0 amide bonds. The Labute approximate surface area is 110 Å². The zero-order chi connectivity index (χ0) is 14.5. The predicted octanol–water partition coefficient (Wildman–Crippen LogP) is 2.92. The van der Waals surface area contributed by atoms with Gasteiger partial charge in [0.05, 0.1) is 0 Å². The van der Waals surface area contributed by atoms with Gasteiger partial charge in [0.2, 0.25) is 0 Å². The second-order valence-corrected chi connectivity index (χ2v) is 4.10. The first kappa shape index (κ1) is 20.3. The second kappa shape index (κ2) is 4.84. The van der Waals surface area contributed by atoms with E-state index >= 15 is 0 Å². The molecule has 1 N–H and O–H groups in total. The van der Waals surface area contributed by atoms with Crippen molar-refractivity contribution in [1.29, 1.82) is 0 Å². The number of halogens is 10. The van der Waals surface area contributed by atoms with Gasteiger partial charge in [-0.25, -0.2) is 0 Å². The SMILES string of the molecule is I.O=S(=O)(O)C(F)(F)C(F)(F)C(F)(F)C(F)(F)F. The largest absolute Gasteiger partial charge is 0.460 e. The molecule has 0 aromatic carbocycles. The van der Waals surface area contributed by atoms with Crippen LogP contribution >= 0.6 is 24.0 Å². The molecule has 0 atom stereocenters. The van der Waals surface area contributed by atoms with Crippen LogP contribution in [-0.2, 0) is 10.1 Å². The quantitative estimate of drug-likeness (QED) is 0.428. The Bertz CT molecular complexity index is 399. The molecule has 0 radical (unpaired) electrons. The lowest BCUT2D eigenvalue weighted by atomic mass is 10.1. The molecule has 0 spiro atoms. The summed E-state index contributed by atoms with van der Waals surface area (Å²) in [6.45, 7) is 0. The molecule has 0 bridgehead atoms. The molecular weight excluding hydrogens is 426 g/mol. The molecule has 0 rings (SSSR count). The Balaban J connectivity index is 0.